The first-order valence-electron chi connectivity index (χ1n) is 7.00. The summed E-state index contributed by atoms with van der Waals surface area (Å²) in [6.07, 6.45) is 0. The smallest absolute Gasteiger partial charge is 0.337 e. The fraction of sp³-hybridized carbons (Fsp3) is 0.286. The molecule has 1 aromatic rings. The summed E-state index contributed by atoms with van der Waals surface area (Å²) in [7, 11) is -2.91. The lowest BCUT2D eigenvalue weighted by Gasteiger charge is -2.16. The van der Waals surface area contributed by atoms with Crippen molar-refractivity contribution >= 4 is 43.5 Å². The number of methoxy groups -OCH3 is 1. The van der Waals surface area contributed by atoms with Crippen LogP contribution in [0.3, 0.4) is 0 Å². The first-order valence-corrected chi connectivity index (χ1v) is 9.34. The molecule has 2 rings (SSSR count). The summed E-state index contributed by atoms with van der Waals surface area (Å²) in [5.74, 6) is -1.30. The van der Waals surface area contributed by atoms with E-state index in [1.54, 1.807) is 6.07 Å². The Morgan fingerprint density at radius 3 is 2.72 bits per heavy atom. The number of hydrogen-bond acceptors (Lipinski definition) is 7. The molecule has 1 aromatic carbocycles. The maximum atomic E-state index is 12.5. The number of carbonyl (C=O) groups excluding carboxylic acids is 2. The van der Waals surface area contributed by atoms with Gasteiger partial charge in [0, 0.05) is 11.0 Å². The molecule has 1 heterocycles. The van der Waals surface area contributed by atoms with Gasteiger partial charge in [-0.25, -0.2) is 18.4 Å². The number of para-hydroxylation sites is 1. The highest BCUT2D eigenvalue weighted by Crippen LogP contribution is 2.32. The Morgan fingerprint density at radius 1 is 1.48 bits per heavy atom. The number of rotatable bonds is 6. The zero-order valence-corrected chi connectivity index (χ0v) is 15.6. The Bertz CT molecular complexity index is 852. The molecule has 4 N–H and O–H groups in total. The predicted octanol–water partition coefficient (Wildman–Crippen LogP) is -0.230. The number of halogens is 1. The molecule has 25 heavy (non-hydrogen) atoms. The van der Waals surface area contributed by atoms with Crippen LogP contribution in [-0.4, -0.2) is 57.1 Å². The molecule has 1 amide bonds. The number of primary sulfonamides is 1. The van der Waals surface area contributed by atoms with Crippen molar-refractivity contribution in [3.63, 3.8) is 0 Å². The zero-order valence-electron chi connectivity index (χ0n) is 13.2. The van der Waals surface area contributed by atoms with E-state index in [-0.39, 0.29) is 41.5 Å². The number of benzene rings is 1. The summed E-state index contributed by atoms with van der Waals surface area (Å²) in [5, 5.41) is 16.9. The summed E-state index contributed by atoms with van der Waals surface area (Å²) in [5.41, 5.74) is -0.0743. The van der Waals surface area contributed by atoms with E-state index in [0.717, 1.165) is 0 Å². The number of β-amino-alcohol motifs (C(OH)–C–C–N with tert-alkyl or cyclic N) is 1. The fourth-order valence-electron chi connectivity index (χ4n) is 2.34. The second kappa shape index (κ2) is 7.52. The van der Waals surface area contributed by atoms with Gasteiger partial charge in [-0.1, -0.05) is 6.07 Å². The van der Waals surface area contributed by atoms with Crippen LogP contribution in [0.1, 0.15) is 0 Å². The van der Waals surface area contributed by atoms with E-state index < -0.39 is 21.9 Å². The number of esters is 1. The molecule has 11 heteroatoms. The number of sulfonamides is 1. The van der Waals surface area contributed by atoms with Gasteiger partial charge in [-0.3, -0.25) is 4.79 Å². The lowest BCUT2D eigenvalue weighted by molar-refractivity contribution is -0.136. The van der Waals surface area contributed by atoms with Crippen LogP contribution in [0, 0.1) is 0 Å². The van der Waals surface area contributed by atoms with Crippen molar-refractivity contribution in [2.45, 2.75) is 4.90 Å². The largest absolute Gasteiger partial charge is 0.466 e. The third kappa shape index (κ3) is 4.00. The lowest BCUT2D eigenvalue weighted by Crippen LogP contribution is -2.31. The van der Waals surface area contributed by atoms with E-state index in [1.165, 1.54) is 24.1 Å². The quantitative estimate of drug-likeness (QED) is 0.526. The number of carbonyl (C=O) groups is 2. The molecule has 9 nitrogen and oxygen atoms in total. The highest BCUT2D eigenvalue weighted by molar-refractivity contribution is 9.10. The summed E-state index contributed by atoms with van der Waals surface area (Å²) < 4.78 is 28.6. The van der Waals surface area contributed by atoms with Crippen molar-refractivity contribution in [3.05, 3.63) is 33.9 Å². The molecule has 0 radical (unpaired) electrons. The predicted molar refractivity (Wildman–Crippen MR) is 91.8 cm³/mol. The molecule has 1 aliphatic rings. The van der Waals surface area contributed by atoms with E-state index in [0.29, 0.717) is 4.47 Å². The number of aliphatic hydroxyl groups is 1. The standard InChI is InChI=1S/C14H16BrN3O6S/c1-24-14(21)8-7-18(5-6-19)13(20)11(8)17-12-9(15)3-2-4-10(12)25(16,22)23/h2-4,17,19H,5-7H2,1H3,(H2,16,22,23). The maximum absolute atomic E-state index is 12.5. The number of ether oxygens (including phenoxy) is 1. The van der Waals surface area contributed by atoms with Crippen LogP contribution in [0.4, 0.5) is 5.69 Å². The van der Waals surface area contributed by atoms with Gasteiger partial charge in [0.2, 0.25) is 10.0 Å². The normalized spacial score (nSPS) is 14.9. The monoisotopic (exact) mass is 433 g/mol. The fourth-order valence-corrected chi connectivity index (χ4v) is 3.65. The lowest BCUT2D eigenvalue weighted by atomic mass is 10.2. The number of nitrogens with one attached hydrogen (secondary N) is 1. The molecule has 0 spiro atoms. The molecule has 1 aliphatic heterocycles. The van der Waals surface area contributed by atoms with E-state index >= 15 is 0 Å². The van der Waals surface area contributed by atoms with E-state index in [9.17, 15) is 18.0 Å². The van der Waals surface area contributed by atoms with Crippen LogP contribution in [0.15, 0.2) is 38.8 Å². The molecule has 136 valence electrons. The van der Waals surface area contributed by atoms with Gasteiger partial charge in [0.1, 0.15) is 10.6 Å². The van der Waals surface area contributed by atoms with Gasteiger partial charge in [-0.2, -0.15) is 0 Å². The van der Waals surface area contributed by atoms with Gasteiger partial charge >= 0.3 is 5.97 Å². The van der Waals surface area contributed by atoms with Gasteiger partial charge in [-0.05, 0) is 28.1 Å². The molecule has 0 aliphatic carbocycles. The van der Waals surface area contributed by atoms with Crippen LogP contribution in [0.25, 0.3) is 0 Å². The van der Waals surface area contributed by atoms with Crippen molar-refractivity contribution in [2.24, 2.45) is 5.14 Å². The van der Waals surface area contributed by atoms with Crippen molar-refractivity contribution in [2.75, 3.05) is 32.1 Å². The summed E-state index contributed by atoms with van der Waals surface area (Å²) in [6.45, 7) is -0.336. The second-order valence-corrected chi connectivity index (χ2v) is 7.46. The zero-order chi connectivity index (χ0) is 18.8. The van der Waals surface area contributed by atoms with Crippen LogP contribution in [0.5, 0.6) is 0 Å². The van der Waals surface area contributed by atoms with Gasteiger partial charge in [0.15, 0.2) is 0 Å². The van der Waals surface area contributed by atoms with Crippen LogP contribution in [0.2, 0.25) is 0 Å². The van der Waals surface area contributed by atoms with Crippen molar-refractivity contribution in [1.82, 2.24) is 4.90 Å². The number of nitrogens with zero attached hydrogens (tertiary/aromatic N) is 1. The van der Waals surface area contributed by atoms with E-state index in [4.69, 9.17) is 10.2 Å². The van der Waals surface area contributed by atoms with E-state index in [2.05, 4.69) is 26.0 Å². The van der Waals surface area contributed by atoms with Crippen molar-refractivity contribution in [3.8, 4) is 0 Å². The summed E-state index contributed by atoms with van der Waals surface area (Å²) in [6, 6.07) is 4.30. The Morgan fingerprint density at radius 2 is 2.16 bits per heavy atom. The molecule has 0 fully saturated rings. The SMILES string of the molecule is COC(=O)C1=C(Nc2c(Br)cccc2S(N)(=O)=O)C(=O)N(CCO)C1. The summed E-state index contributed by atoms with van der Waals surface area (Å²) in [4.78, 5) is 25.4. The Kier molecular flexibility index (Phi) is 5.83. The van der Waals surface area contributed by atoms with Crippen LogP contribution >= 0.6 is 15.9 Å². The first kappa shape index (κ1) is 19.4. The second-order valence-electron chi connectivity index (χ2n) is 5.08. The number of anilines is 1. The summed E-state index contributed by atoms with van der Waals surface area (Å²) >= 11 is 3.20. The Balaban J connectivity index is 2.53. The first-order chi connectivity index (χ1) is 11.7. The topological polar surface area (TPSA) is 139 Å². The number of aliphatic hydroxyl groups excluding tert-OH is 1. The molecule has 0 unspecified atom stereocenters. The van der Waals surface area contributed by atoms with E-state index in [1.807, 2.05) is 0 Å². The molecule has 0 saturated heterocycles. The minimum atomic E-state index is -4.08. The highest BCUT2D eigenvalue weighted by Gasteiger charge is 2.35. The number of hydrogen-bond donors (Lipinski definition) is 3. The van der Waals surface area contributed by atoms with Gasteiger partial charge in [0.25, 0.3) is 5.91 Å². The molecule has 0 aromatic heterocycles. The van der Waals surface area contributed by atoms with Gasteiger partial charge in [-0.15, -0.1) is 0 Å². The average Bonchev–Trinajstić information content (AvgIpc) is 2.85. The third-order valence-electron chi connectivity index (χ3n) is 3.49. The maximum Gasteiger partial charge on any atom is 0.337 e. The molecule has 0 saturated carbocycles. The Hall–Kier alpha value is -1.95. The van der Waals surface area contributed by atoms with Crippen LogP contribution in [-0.2, 0) is 24.3 Å². The molecular weight excluding hydrogens is 418 g/mol. The highest BCUT2D eigenvalue weighted by atomic mass is 79.9. The van der Waals surface area contributed by atoms with Gasteiger partial charge in [0.05, 0.1) is 31.5 Å². The number of nitrogens with two attached hydrogens (primary N) is 1. The van der Waals surface area contributed by atoms with Gasteiger partial charge < -0.3 is 20.1 Å². The minimum Gasteiger partial charge on any atom is -0.466 e. The molecular formula is C14H16BrN3O6S. The van der Waals surface area contributed by atoms with Crippen molar-refractivity contribution in [1.29, 1.82) is 0 Å². The Labute approximate surface area is 152 Å². The number of amides is 1. The minimum absolute atomic E-state index is 0.0164. The molecule has 0 atom stereocenters. The van der Waals surface area contributed by atoms with Crippen LogP contribution < -0.4 is 10.5 Å². The van der Waals surface area contributed by atoms with Crippen molar-refractivity contribution < 1.29 is 27.9 Å². The third-order valence-corrected chi connectivity index (χ3v) is 5.10. The molecule has 0 bridgehead atoms. The average molecular weight is 434 g/mol.